The normalized spacial score (nSPS) is 41.8. The summed E-state index contributed by atoms with van der Waals surface area (Å²) in [7, 11) is 0. The summed E-state index contributed by atoms with van der Waals surface area (Å²) in [4.78, 5) is 0. The monoisotopic (exact) mass is 221 g/mol. The van der Waals surface area contributed by atoms with E-state index in [2.05, 4.69) is 5.32 Å². The molecule has 0 aromatic rings. The van der Waals surface area contributed by atoms with Crippen LogP contribution in [0.25, 0.3) is 0 Å². The molecule has 5 N–H and O–H groups in total. The number of aliphatic hydroxyl groups is 4. The number of hydrogen-bond acceptors (Lipinski definition) is 6. The highest BCUT2D eigenvalue weighted by Gasteiger charge is 2.42. The van der Waals surface area contributed by atoms with E-state index >= 15 is 0 Å². The molecule has 0 amide bonds. The Morgan fingerprint density at radius 1 is 1.13 bits per heavy atom. The highest BCUT2D eigenvalue weighted by Crippen LogP contribution is 2.19. The Balaban J connectivity index is 2.57. The van der Waals surface area contributed by atoms with Crippen LogP contribution in [0.4, 0.5) is 0 Å². The van der Waals surface area contributed by atoms with E-state index in [0.29, 0.717) is 6.54 Å². The number of hydrogen-bond donors (Lipinski definition) is 5. The Morgan fingerprint density at radius 3 is 2.33 bits per heavy atom. The standard InChI is InChI=1S/C9H19NO5/c1-2-3-10-9-8(14)7(13)6(12)5(4-11)15-9/h5-14H,2-4H2,1H3/t5-,6-,7+,8-,9-/m1/s1. The second-order valence-electron chi connectivity index (χ2n) is 3.70. The van der Waals surface area contributed by atoms with Crippen LogP contribution in [-0.4, -0.2) is 64.2 Å². The second kappa shape index (κ2) is 5.74. The van der Waals surface area contributed by atoms with Crippen molar-refractivity contribution in [2.45, 2.75) is 44.0 Å². The average molecular weight is 221 g/mol. The minimum Gasteiger partial charge on any atom is -0.394 e. The van der Waals surface area contributed by atoms with Crippen molar-refractivity contribution < 1.29 is 25.2 Å². The first kappa shape index (κ1) is 12.8. The predicted octanol–water partition coefficient (Wildman–Crippen LogP) is -2.21. The van der Waals surface area contributed by atoms with Crippen LogP contribution in [0.3, 0.4) is 0 Å². The lowest BCUT2D eigenvalue weighted by Crippen LogP contribution is -2.62. The molecule has 5 atom stereocenters. The largest absolute Gasteiger partial charge is 0.394 e. The lowest BCUT2D eigenvalue weighted by molar-refractivity contribution is -0.236. The van der Waals surface area contributed by atoms with Crippen LogP contribution >= 0.6 is 0 Å². The van der Waals surface area contributed by atoms with Crippen molar-refractivity contribution in [2.75, 3.05) is 13.2 Å². The number of nitrogens with one attached hydrogen (secondary N) is 1. The van der Waals surface area contributed by atoms with Crippen molar-refractivity contribution in [1.82, 2.24) is 5.32 Å². The third-order valence-electron chi connectivity index (χ3n) is 2.49. The average Bonchev–Trinajstić information content (AvgIpc) is 2.25. The fraction of sp³-hybridized carbons (Fsp3) is 1.00. The van der Waals surface area contributed by atoms with Crippen molar-refractivity contribution in [3.63, 3.8) is 0 Å². The van der Waals surface area contributed by atoms with E-state index in [9.17, 15) is 15.3 Å². The molecule has 0 spiro atoms. The summed E-state index contributed by atoms with van der Waals surface area (Å²) in [5.41, 5.74) is 0. The molecule has 1 heterocycles. The van der Waals surface area contributed by atoms with Gasteiger partial charge < -0.3 is 25.2 Å². The van der Waals surface area contributed by atoms with Gasteiger partial charge in [-0.25, -0.2) is 0 Å². The molecule has 0 radical (unpaired) electrons. The van der Waals surface area contributed by atoms with Crippen LogP contribution in [0.15, 0.2) is 0 Å². The topological polar surface area (TPSA) is 102 Å². The maximum atomic E-state index is 9.57. The summed E-state index contributed by atoms with van der Waals surface area (Å²) in [5.74, 6) is 0. The molecule has 0 bridgehead atoms. The van der Waals surface area contributed by atoms with Gasteiger partial charge in [-0.15, -0.1) is 0 Å². The number of ether oxygens (including phenoxy) is 1. The van der Waals surface area contributed by atoms with E-state index in [1.54, 1.807) is 0 Å². The molecule has 6 nitrogen and oxygen atoms in total. The molecule has 0 unspecified atom stereocenters. The highest BCUT2D eigenvalue weighted by molar-refractivity contribution is 4.90. The summed E-state index contributed by atoms with van der Waals surface area (Å²) in [6.45, 7) is 2.19. The molecule has 0 aromatic heterocycles. The van der Waals surface area contributed by atoms with E-state index in [-0.39, 0.29) is 0 Å². The minimum absolute atomic E-state index is 0.394. The number of aliphatic hydroxyl groups excluding tert-OH is 4. The zero-order chi connectivity index (χ0) is 11.4. The van der Waals surface area contributed by atoms with Crippen molar-refractivity contribution in [2.24, 2.45) is 0 Å². The van der Waals surface area contributed by atoms with Gasteiger partial charge in [0.15, 0.2) is 0 Å². The van der Waals surface area contributed by atoms with Crippen LogP contribution in [0, 0.1) is 0 Å². The lowest BCUT2D eigenvalue weighted by atomic mass is 9.98. The fourth-order valence-electron chi connectivity index (χ4n) is 1.56. The van der Waals surface area contributed by atoms with Gasteiger partial charge in [-0.2, -0.15) is 0 Å². The second-order valence-corrected chi connectivity index (χ2v) is 3.70. The van der Waals surface area contributed by atoms with Crippen LogP contribution in [0.1, 0.15) is 13.3 Å². The molecule has 15 heavy (non-hydrogen) atoms. The van der Waals surface area contributed by atoms with Gasteiger partial charge >= 0.3 is 0 Å². The molecule has 1 rings (SSSR count). The van der Waals surface area contributed by atoms with Gasteiger partial charge in [-0.1, -0.05) is 6.92 Å². The van der Waals surface area contributed by atoms with Gasteiger partial charge in [-0.3, -0.25) is 5.32 Å². The molecule has 0 saturated carbocycles. The maximum absolute atomic E-state index is 9.57. The van der Waals surface area contributed by atoms with Gasteiger partial charge in [0.05, 0.1) is 6.61 Å². The van der Waals surface area contributed by atoms with E-state index in [4.69, 9.17) is 9.84 Å². The molecular formula is C9H19NO5. The quantitative estimate of drug-likeness (QED) is 0.369. The van der Waals surface area contributed by atoms with E-state index in [0.717, 1.165) is 6.42 Å². The van der Waals surface area contributed by atoms with Gasteiger partial charge in [0.2, 0.25) is 0 Å². The summed E-state index contributed by atoms with van der Waals surface area (Å²) >= 11 is 0. The van der Waals surface area contributed by atoms with Gasteiger partial charge in [0.25, 0.3) is 0 Å². The van der Waals surface area contributed by atoms with Crippen LogP contribution in [-0.2, 0) is 4.74 Å². The molecular weight excluding hydrogens is 202 g/mol. The van der Waals surface area contributed by atoms with E-state index < -0.39 is 37.3 Å². The minimum atomic E-state index is -1.30. The van der Waals surface area contributed by atoms with Gasteiger partial charge in [0.1, 0.15) is 30.6 Å². The SMILES string of the molecule is CCCN[C@@H]1O[C@H](CO)[C@@H](O)[C@H](O)[C@H]1O. The molecule has 0 aromatic carbocycles. The zero-order valence-corrected chi connectivity index (χ0v) is 8.71. The van der Waals surface area contributed by atoms with Crippen molar-refractivity contribution >= 4 is 0 Å². The van der Waals surface area contributed by atoms with Crippen LogP contribution in [0.5, 0.6) is 0 Å². The van der Waals surface area contributed by atoms with Crippen molar-refractivity contribution in [3.8, 4) is 0 Å². The first-order valence-corrected chi connectivity index (χ1v) is 5.15. The smallest absolute Gasteiger partial charge is 0.137 e. The van der Waals surface area contributed by atoms with Gasteiger partial charge in [-0.05, 0) is 13.0 Å². The summed E-state index contributed by atoms with van der Waals surface area (Å²) < 4.78 is 5.21. The first-order chi connectivity index (χ1) is 7.11. The summed E-state index contributed by atoms with van der Waals surface area (Å²) in [5, 5.41) is 40.3. The zero-order valence-electron chi connectivity index (χ0n) is 8.71. The van der Waals surface area contributed by atoms with E-state index in [1.807, 2.05) is 6.92 Å². The fourth-order valence-corrected chi connectivity index (χ4v) is 1.56. The molecule has 90 valence electrons. The van der Waals surface area contributed by atoms with Gasteiger partial charge in [0, 0.05) is 0 Å². The Morgan fingerprint density at radius 2 is 1.80 bits per heavy atom. The van der Waals surface area contributed by atoms with Crippen molar-refractivity contribution in [1.29, 1.82) is 0 Å². The Kier molecular flexibility index (Phi) is 4.91. The summed E-state index contributed by atoms with van der Waals surface area (Å²) in [6, 6.07) is 0. The molecule has 0 aliphatic carbocycles. The number of rotatable bonds is 4. The first-order valence-electron chi connectivity index (χ1n) is 5.15. The molecule has 6 heteroatoms. The van der Waals surface area contributed by atoms with Crippen LogP contribution < -0.4 is 5.32 Å². The maximum Gasteiger partial charge on any atom is 0.137 e. The molecule has 1 fully saturated rings. The molecule has 1 aliphatic rings. The van der Waals surface area contributed by atoms with E-state index in [1.165, 1.54) is 0 Å². The lowest BCUT2D eigenvalue weighted by Gasteiger charge is -2.40. The Hall–Kier alpha value is -0.240. The third-order valence-corrected chi connectivity index (χ3v) is 2.49. The molecule has 1 saturated heterocycles. The van der Waals surface area contributed by atoms with Crippen molar-refractivity contribution in [3.05, 3.63) is 0 Å². The third kappa shape index (κ3) is 2.87. The van der Waals surface area contributed by atoms with Crippen LogP contribution in [0.2, 0.25) is 0 Å². The predicted molar refractivity (Wildman–Crippen MR) is 52.1 cm³/mol. The Bertz CT molecular complexity index is 189. The summed E-state index contributed by atoms with van der Waals surface area (Å²) in [6.07, 6.45) is -4.50. The molecule has 1 aliphatic heterocycles. The Labute approximate surface area is 88.5 Å². The highest BCUT2D eigenvalue weighted by atomic mass is 16.6.